The molecule has 2 amide bonds. The summed E-state index contributed by atoms with van der Waals surface area (Å²) in [5.41, 5.74) is 0.492. The van der Waals surface area contributed by atoms with E-state index in [1.807, 2.05) is 44.2 Å². The predicted octanol–water partition coefficient (Wildman–Crippen LogP) is 2.92. The first-order valence-corrected chi connectivity index (χ1v) is 11.5. The van der Waals surface area contributed by atoms with Crippen molar-refractivity contribution >= 4 is 11.8 Å². The van der Waals surface area contributed by atoms with Crippen molar-refractivity contribution in [1.29, 1.82) is 0 Å². The fraction of sp³-hybridized carbons (Fsp3) is 0.480. The zero-order valence-corrected chi connectivity index (χ0v) is 19.5. The quantitative estimate of drug-likeness (QED) is 0.688. The Hall–Kier alpha value is -2.93. The smallest absolute Gasteiger partial charge is 0.259 e. The Kier molecular flexibility index (Phi) is 7.85. The van der Waals surface area contributed by atoms with Gasteiger partial charge in [0.05, 0.1) is 0 Å². The van der Waals surface area contributed by atoms with Crippen molar-refractivity contribution in [2.24, 2.45) is 0 Å². The van der Waals surface area contributed by atoms with Gasteiger partial charge in [-0.2, -0.15) is 0 Å². The molecule has 0 saturated carbocycles. The van der Waals surface area contributed by atoms with Crippen molar-refractivity contribution in [3.63, 3.8) is 0 Å². The van der Waals surface area contributed by atoms with E-state index >= 15 is 0 Å². The third-order valence-electron chi connectivity index (χ3n) is 6.19. The molecule has 172 valence electrons. The van der Waals surface area contributed by atoms with Gasteiger partial charge >= 0.3 is 0 Å². The fourth-order valence-electron chi connectivity index (χ4n) is 4.22. The second-order valence-electron chi connectivity index (χ2n) is 8.54. The van der Waals surface area contributed by atoms with Gasteiger partial charge in [-0.15, -0.1) is 0 Å². The van der Waals surface area contributed by atoms with Crippen LogP contribution in [0, 0.1) is 0 Å². The van der Waals surface area contributed by atoms with Crippen molar-refractivity contribution in [1.82, 2.24) is 19.7 Å². The number of nitrogens with zero attached hydrogens (tertiary/aromatic N) is 3. The van der Waals surface area contributed by atoms with Gasteiger partial charge in [0.1, 0.15) is 11.1 Å². The van der Waals surface area contributed by atoms with Crippen LogP contribution in [-0.2, 0) is 6.54 Å². The van der Waals surface area contributed by atoms with E-state index in [4.69, 9.17) is 0 Å². The molecule has 1 N–H and O–H groups in total. The largest absolute Gasteiger partial charge is 0.350 e. The number of likely N-dealkylation sites (tertiary alicyclic amines) is 1. The van der Waals surface area contributed by atoms with Gasteiger partial charge in [-0.05, 0) is 38.9 Å². The van der Waals surface area contributed by atoms with E-state index in [-0.39, 0.29) is 23.1 Å². The summed E-state index contributed by atoms with van der Waals surface area (Å²) in [5.74, 6) is -0.762. The van der Waals surface area contributed by atoms with Gasteiger partial charge < -0.3 is 14.8 Å². The van der Waals surface area contributed by atoms with Gasteiger partial charge in [0.15, 0.2) is 0 Å². The molecule has 1 fully saturated rings. The molecule has 0 aliphatic carbocycles. The van der Waals surface area contributed by atoms with Crippen LogP contribution in [0.1, 0.15) is 66.4 Å². The minimum atomic E-state index is -0.510. The monoisotopic (exact) mass is 438 g/mol. The summed E-state index contributed by atoms with van der Waals surface area (Å²) in [6.45, 7) is 11.5. The molecule has 2 heterocycles. The predicted molar refractivity (Wildman–Crippen MR) is 126 cm³/mol. The molecule has 32 heavy (non-hydrogen) atoms. The lowest BCUT2D eigenvalue weighted by molar-refractivity contribution is 0.0775. The standard InChI is InChI=1S/C25H34N4O3/c1-5-27(6-2)20-12-13-28(15-20)25(32)22-17-29(18(3)4)16-21(23(22)30)24(31)26-14-19-10-8-7-9-11-19/h7-11,16-18,20H,5-6,12-15H2,1-4H3,(H,26,31)/t20-/m1/s1. The number of carbonyl (C=O) groups excluding carboxylic acids is 2. The minimum absolute atomic E-state index is 0.0000269. The molecular formula is C25H34N4O3. The Bertz CT molecular complexity index is 996. The maximum Gasteiger partial charge on any atom is 0.259 e. The normalized spacial score (nSPS) is 16.1. The van der Waals surface area contributed by atoms with E-state index in [9.17, 15) is 14.4 Å². The van der Waals surface area contributed by atoms with Crippen molar-refractivity contribution in [3.05, 3.63) is 69.6 Å². The van der Waals surface area contributed by atoms with E-state index in [1.54, 1.807) is 21.9 Å². The molecule has 1 atom stereocenters. The van der Waals surface area contributed by atoms with E-state index in [0.29, 0.717) is 25.7 Å². The van der Waals surface area contributed by atoms with Crippen LogP contribution in [-0.4, -0.2) is 58.4 Å². The highest BCUT2D eigenvalue weighted by molar-refractivity contribution is 5.99. The summed E-state index contributed by atoms with van der Waals surface area (Å²) in [7, 11) is 0. The first-order chi connectivity index (χ1) is 15.3. The molecule has 0 radical (unpaired) electrons. The maximum absolute atomic E-state index is 13.3. The van der Waals surface area contributed by atoms with Crippen LogP contribution >= 0.6 is 0 Å². The Morgan fingerprint density at radius 2 is 1.75 bits per heavy atom. The van der Waals surface area contributed by atoms with Crippen molar-refractivity contribution in [2.45, 2.75) is 52.7 Å². The Morgan fingerprint density at radius 1 is 1.09 bits per heavy atom. The molecule has 1 aromatic carbocycles. The van der Waals surface area contributed by atoms with E-state index < -0.39 is 11.3 Å². The molecular weight excluding hydrogens is 404 g/mol. The average molecular weight is 439 g/mol. The van der Waals surface area contributed by atoms with E-state index in [2.05, 4.69) is 24.1 Å². The second-order valence-corrected chi connectivity index (χ2v) is 8.54. The molecule has 0 unspecified atom stereocenters. The first kappa shape index (κ1) is 23.7. The van der Waals surface area contributed by atoms with E-state index in [0.717, 1.165) is 25.1 Å². The molecule has 0 spiro atoms. The van der Waals surface area contributed by atoms with Crippen LogP contribution < -0.4 is 10.7 Å². The molecule has 2 aromatic rings. The van der Waals surface area contributed by atoms with E-state index in [1.165, 1.54) is 0 Å². The fourth-order valence-corrected chi connectivity index (χ4v) is 4.22. The molecule has 7 heteroatoms. The van der Waals surface area contributed by atoms with Gasteiger partial charge in [0, 0.05) is 44.1 Å². The molecule has 1 aromatic heterocycles. The highest BCUT2D eigenvalue weighted by Gasteiger charge is 2.31. The first-order valence-electron chi connectivity index (χ1n) is 11.5. The van der Waals surface area contributed by atoms with Crippen molar-refractivity contribution in [2.75, 3.05) is 26.2 Å². The Labute approximate surface area is 190 Å². The number of pyridine rings is 1. The van der Waals surface area contributed by atoms with Crippen molar-refractivity contribution in [3.8, 4) is 0 Å². The van der Waals surface area contributed by atoms with Gasteiger partial charge in [-0.25, -0.2) is 0 Å². The lowest BCUT2D eigenvalue weighted by Gasteiger charge is -2.26. The number of hydrogen-bond donors (Lipinski definition) is 1. The lowest BCUT2D eigenvalue weighted by atomic mass is 10.1. The van der Waals surface area contributed by atoms with Crippen LogP contribution in [0.15, 0.2) is 47.5 Å². The summed E-state index contributed by atoms with van der Waals surface area (Å²) in [4.78, 5) is 43.5. The van der Waals surface area contributed by atoms with Crippen LogP contribution in [0.25, 0.3) is 0 Å². The molecule has 0 bridgehead atoms. The highest BCUT2D eigenvalue weighted by atomic mass is 16.2. The number of hydrogen-bond acceptors (Lipinski definition) is 4. The third kappa shape index (κ3) is 5.27. The lowest BCUT2D eigenvalue weighted by Crippen LogP contribution is -2.40. The van der Waals surface area contributed by atoms with Gasteiger partial charge in [0.2, 0.25) is 5.43 Å². The number of rotatable bonds is 8. The molecule has 1 saturated heterocycles. The Morgan fingerprint density at radius 3 is 2.38 bits per heavy atom. The third-order valence-corrected chi connectivity index (χ3v) is 6.19. The topological polar surface area (TPSA) is 74.7 Å². The second kappa shape index (κ2) is 10.6. The average Bonchev–Trinajstić information content (AvgIpc) is 3.28. The SMILES string of the molecule is CCN(CC)[C@@H]1CCN(C(=O)c2cn(C(C)C)cc(C(=O)NCc3ccccc3)c2=O)C1. The highest BCUT2D eigenvalue weighted by Crippen LogP contribution is 2.18. The summed E-state index contributed by atoms with van der Waals surface area (Å²) in [6, 6.07) is 9.83. The summed E-state index contributed by atoms with van der Waals surface area (Å²) >= 11 is 0. The van der Waals surface area contributed by atoms with Crippen LogP contribution in [0.5, 0.6) is 0 Å². The number of carbonyl (C=O) groups is 2. The number of nitrogens with one attached hydrogen (secondary N) is 1. The number of benzene rings is 1. The zero-order chi connectivity index (χ0) is 23.3. The van der Waals surface area contributed by atoms with Crippen LogP contribution in [0.2, 0.25) is 0 Å². The zero-order valence-electron chi connectivity index (χ0n) is 19.5. The summed E-state index contributed by atoms with van der Waals surface area (Å²) < 4.78 is 1.77. The molecule has 3 rings (SSSR count). The molecule has 7 nitrogen and oxygen atoms in total. The van der Waals surface area contributed by atoms with Crippen LogP contribution in [0.3, 0.4) is 0 Å². The maximum atomic E-state index is 13.3. The number of likely N-dealkylation sites (N-methyl/N-ethyl adjacent to an activating group) is 1. The summed E-state index contributed by atoms with van der Waals surface area (Å²) in [5, 5.41) is 2.81. The molecule has 1 aliphatic heterocycles. The Balaban J connectivity index is 1.85. The molecule has 1 aliphatic rings. The number of aromatic nitrogens is 1. The van der Waals surface area contributed by atoms with Crippen LogP contribution in [0.4, 0.5) is 0 Å². The number of amides is 2. The van der Waals surface area contributed by atoms with Gasteiger partial charge in [-0.3, -0.25) is 19.3 Å². The van der Waals surface area contributed by atoms with Crippen molar-refractivity contribution < 1.29 is 9.59 Å². The minimum Gasteiger partial charge on any atom is -0.350 e. The van der Waals surface area contributed by atoms with Gasteiger partial charge in [-0.1, -0.05) is 44.2 Å². The van der Waals surface area contributed by atoms with Gasteiger partial charge in [0.25, 0.3) is 11.8 Å². The summed E-state index contributed by atoms with van der Waals surface area (Å²) in [6.07, 6.45) is 4.03.